The first-order valence-corrected chi connectivity index (χ1v) is 6.06. The van der Waals surface area contributed by atoms with Crippen LogP contribution in [0.3, 0.4) is 0 Å². The summed E-state index contributed by atoms with van der Waals surface area (Å²) in [5.41, 5.74) is 2.04. The molecule has 19 heavy (non-hydrogen) atoms. The number of nitrogens with zero attached hydrogens (tertiary/aromatic N) is 2. The number of aryl methyl sites for hydroxylation is 1. The summed E-state index contributed by atoms with van der Waals surface area (Å²) in [6.07, 6.45) is 0. The van der Waals surface area contributed by atoms with Crippen LogP contribution in [-0.2, 0) is 0 Å². The minimum absolute atomic E-state index is 0.130. The van der Waals surface area contributed by atoms with E-state index in [9.17, 15) is 9.18 Å². The lowest BCUT2D eigenvalue weighted by Crippen LogP contribution is -2.19. The molecule has 0 fully saturated rings. The number of amides is 1. The first kappa shape index (κ1) is 13.3. The van der Waals surface area contributed by atoms with E-state index in [4.69, 9.17) is 0 Å². The predicted molar refractivity (Wildman–Crippen MR) is 70.6 cm³/mol. The molecule has 0 aliphatic rings. The lowest BCUT2D eigenvalue weighted by Gasteiger charge is -2.14. The Balaban J connectivity index is 2.36. The highest BCUT2D eigenvalue weighted by atomic mass is 19.1. The van der Waals surface area contributed by atoms with E-state index >= 15 is 0 Å². The van der Waals surface area contributed by atoms with Crippen molar-refractivity contribution < 1.29 is 9.18 Å². The number of benzene rings is 1. The smallest absolute Gasteiger partial charge is 0.271 e. The fraction of sp³-hybridized carbons (Fsp3) is 0.286. The second-order valence-corrected chi connectivity index (χ2v) is 4.43. The maximum absolute atomic E-state index is 13.2. The molecule has 1 aromatic carbocycles. The fourth-order valence-corrected chi connectivity index (χ4v) is 2.03. The van der Waals surface area contributed by atoms with E-state index in [-0.39, 0.29) is 17.8 Å². The average Bonchev–Trinajstić information content (AvgIpc) is 2.79. The van der Waals surface area contributed by atoms with Gasteiger partial charge in [0, 0.05) is 12.7 Å². The van der Waals surface area contributed by atoms with Gasteiger partial charge in [0.05, 0.1) is 6.04 Å². The van der Waals surface area contributed by atoms with Gasteiger partial charge in [-0.2, -0.15) is 5.10 Å². The Morgan fingerprint density at radius 3 is 2.79 bits per heavy atom. The topological polar surface area (TPSA) is 46.9 Å². The van der Waals surface area contributed by atoms with Gasteiger partial charge in [0.15, 0.2) is 0 Å². The summed E-state index contributed by atoms with van der Waals surface area (Å²) in [5.74, 6) is -0.506. The molecule has 2 rings (SSSR count). The number of nitrogens with one attached hydrogen (secondary N) is 1. The van der Waals surface area contributed by atoms with Crippen molar-refractivity contribution in [2.75, 3.05) is 7.05 Å². The standard InChI is InChI=1S/C14H16FN3O/c1-9-7-13(14(19)16-3)17-18(9)10(2)11-5-4-6-12(15)8-11/h4-8,10H,1-3H3,(H,16,19). The molecule has 5 heteroatoms. The van der Waals surface area contributed by atoms with E-state index in [0.29, 0.717) is 5.69 Å². The number of carbonyl (C=O) groups excluding carboxylic acids is 1. The first-order valence-electron chi connectivity index (χ1n) is 6.06. The largest absolute Gasteiger partial charge is 0.354 e. The molecule has 4 nitrogen and oxygen atoms in total. The zero-order valence-corrected chi connectivity index (χ0v) is 11.1. The molecule has 0 saturated heterocycles. The minimum atomic E-state index is -0.277. The third kappa shape index (κ3) is 2.65. The molecule has 2 aromatic rings. The van der Waals surface area contributed by atoms with E-state index < -0.39 is 0 Å². The second-order valence-electron chi connectivity index (χ2n) is 4.43. The van der Waals surface area contributed by atoms with Crippen molar-refractivity contribution in [3.63, 3.8) is 0 Å². The van der Waals surface area contributed by atoms with Gasteiger partial charge in [0.25, 0.3) is 5.91 Å². The van der Waals surface area contributed by atoms with Gasteiger partial charge < -0.3 is 5.32 Å². The van der Waals surface area contributed by atoms with Crippen LogP contribution in [0.25, 0.3) is 0 Å². The molecule has 0 aliphatic carbocycles. The van der Waals surface area contributed by atoms with Crippen LogP contribution in [0, 0.1) is 12.7 Å². The van der Waals surface area contributed by atoms with Gasteiger partial charge in [-0.3, -0.25) is 9.48 Å². The first-order chi connectivity index (χ1) is 9.02. The highest BCUT2D eigenvalue weighted by molar-refractivity contribution is 5.92. The summed E-state index contributed by atoms with van der Waals surface area (Å²) < 4.78 is 15.0. The average molecular weight is 261 g/mol. The van der Waals surface area contributed by atoms with Gasteiger partial charge in [0.2, 0.25) is 0 Å². The number of hydrogen-bond donors (Lipinski definition) is 1. The van der Waals surface area contributed by atoms with Gasteiger partial charge in [-0.1, -0.05) is 12.1 Å². The normalized spacial score (nSPS) is 12.2. The Morgan fingerprint density at radius 1 is 1.42 bits per heavy atom. The molecule has 1 aromatic heterocycles. The molecule has 1 unspecified atom stereocenters. The summed E-state index contributed by atoms with van der Waals surface area (Å²) in [6, 6.07) is 7.98. The quantitative estimate of drug-likeness (QED) is 0.921. The molecular weight excluding hydrogens is 245 g/mol. The number of halogens is 1. The van der Waals surface area contributed by atoms with E-state index in [0.717, 1.165) is 11.3 Å². The highest BCUT2D eigenvalue weighted by Crippen LogP contribution is 2.20. The van der Waals surface area contributed by atoms with Crippen LogP contribution in [0.1, 0.15) is 34.7 Å². The fourth-order valence-electron chi connectivity index (χ4n) is 2.03. The van der Waals surface area contributed by atoms with Crippen molar-refractivity contribution in [1.82, 2.24) is 15.1 Å². The number of rotatable bonds is 3. The van der Waals surface area contributed by atoms with Gasteiger partial charge in [-0.05, 0) is 37.6 Å². The Kier molecular flexibility index (Phi) is 3.64. The maximum Gasteiger partial charge on any atom is 0.271 e. The molecule has 0 saturated carbocycles. The number of aromatic nitrogens is 2. The highest BCUT2D eigenvalue weighted by Gasteiger charge is 2.16. The van der Waals surface area contributed by atoms with Crippen molar-refractivity contribution in [3.05, 3.63) is 53.1 Å². The van der Waals surface area contributed by atoms with Crippen LogP contribution in [-0.4, -0.2) is 22.7 Å². The molecule has 0 aliphatic heterocycles. The van der Waals surface area contributed by atoms with Crippen LogP contribution in [0.4, 0.5) is 4.39 Å². The van der Waals surface area contributed by atoms with Gasteiger partial charge >= 0.3 is 0 Å². The Bertz CT molecular complexity index is 606. The van der Waals surface area contributed by atoms with E-state index in [1.807, 2.05) is 19.9 Å². The Morgan fingerprint density at radius 2 is 2.16 bits per heavy atom. The summed E-state index contributed by atoms with van der Waals surface area (Å²) in [6.45, 7) is 3.79. The van der Waals surface area contributed by atoms with Crippen LogP contribution in [0.15, 0.2) is 30.3 Å². The van der Waals surface area contributed by atoms with Crippen molar-refractivity contribution in [3.8, 4) is 0 Å². The molecule has 1 atom stereocenters. The van der Waals surface area contributed by atoms with Crippen molar-refractivity contribution in [1.29, 1.82) is 0 Å². The van der Waals surface area contributed by atoms with Crippen molar-refractivity contribution >= 4 is 5.91 Å². The molecule has 1 N–H and O–H groups in total. The molecule has 0 spiro atoms. The van der Waals surface area contributed by atoms with Gasteiger partial charge in [0.1, 0.15) is 11.5 Å². The SMILES string of the molecule is CNC(=O)c1cc(C)n(C(C)c2cccc(F)c2)n1. The van der Waals surface area contributed by atoms with Crippen LogP contribution in [0.5, 0.6) is 0 Å². The molecule has 1 heterocycles. The predicted octanol–water partition coefficient (Wildman–Crippen LogP) is 2.30. The minimum Gasteiger partial charge on any atom is -0.354 e. The second kappa shape index (κ2) is 5.22. The summed E-state index contributed by atoms with van der Waals surface area (Å²) in [4.78, 5) is 11.5. The zero-order valence-electron chi connectivity index (χ0n) is 11.1. The lowest BCUT2D eigenvalue weighted by atomic mass is 10.1. The van der Waals surface area contributed by atoms with E-state index in [1.165, 1.54) is 12.1 Å². The number of hydrogen-bond acceptors (Lipinski definition) is 2. The third-order valence-electron chi connectivity index (χ3n) is 3.08. The van der Waals surface area contributed by atoms with Crippen LogP contribution >= 0.6 is 0 Å². The van der Waals surface area contributed by atoms with Gasteiger partial charge in [-0.15, -0.1) is 0 Å². The molecule has 0 radical (unpaired) electrons. The van der Waals surface area contributed by atoms with Gasteiger partial charge in [-0.25, -0.2) is 4.39 Å². The van der Waals surface area contributed by atoms with Crippen molar-refractivity contribution in [2.24, 2.45) is 0 Å². The number of carbonyl (C=O) groups is 1. The van der Waals surface area contributed by atoms with Crippen LogP contribution in [0.2, 0.25) is 0 Å². The van der Waals surface area contributed by atoms with E-state index in [2.05, 4.69) is 10.4 Å². The zero-order chi connectivity index (χ0) is 14.0. The lowest BCUT2D eigenvalue weighted by molar-refractivity contribution is 0.0957. The molecule has 100 valence electrons. The third-order valence-corrected chi connectivity index (χ3v) is 3.08. The van der Waals surface area contributed by atoms with Crippen molar-refractivity contribution in [2.45, 2.75) is 19.9 Å². The van der Waals surface area contributed by atoms with E-state index in [1.54, 1.807) is 23.9 Å². The summed E-state index contributed by atoms with van der Waals surface area (Å²) in [5, 5.41) is 6.80. The molecular formula is C14H16FN3O. The summed E-state index contributed by atoms with van der Waals surface area (Å²) >= 11 is 0. The van der Waals surface area contributed by atoms with Crippen LogP contribution < -0.4 is 5.32 Å². The summed E-state index contributed by atoms with van der Waals surface area (Å²) in [7, 11) is 1.56. The maximum atomic E-state index is 13.2. The monoisotopic (exact) mass is 261 g/mol. The Hall–Kier alpha value is -2.17. The molecule has 1 amide bonds. The molecule has 0 bridgehead atoms. The Labute approximate surface area is 111 Å².